The standard InChI is InChI=1S/C22H23N3O4/c1-22(2,3)29-21(26)14-27-19-10-4-16(5-11-19)12-24-25-18-8-6-17(7-9-18)20-13-23-15-28-20/h4-13,15,25H,14H2,1-3H3/b24-12+. The minimum absolute atomic E-state index is 0.129. The molecule has 7 nitrogen and oxygen atoms in total. The Hall–Kier alpha value is -3.61. The number of nitrogens with one attached hydrogen (secondary N) is 1. The lowest BCUT2D eigenvalue weighted by Gasteiger charge is -2.19. The van der Waals surface area contributed by atoms with Gasteiger partial charge in [-0.1, -0.05) is 0 Å². The third-order valence-electron chi connectivity index (χ3n) is 3.67. The molecule has 150 valence electrons. The van der Waals surface area contributed by atoms with Crippen LogP contribution in [0.2, 0.25) is 0 Å². The predicted molar refractivity (Wildman–Crippen MR) is 111 cm³/mol. The van der Waals surface area contributed by atoms with Gasteiger partial charge in [0.2, 0.25) is 0 Å². The average Bonchev–Trinajstić information content (AvgIpc) is 3.21. The molecular formula is C22H23N3O4. The Bertz CT molecular complexity index is 941. The summed E-state index contributed by atoms with van der Waals surface area (Å²) in [6, 6.07) is 14.9. The van der Waals surface area contributed by atoms with Crippen LogP contribution in [-0.2, 0) is 9.53 Å². The Kier molecular flexibility index (Phi) is 6.29. The summed E-state index contributed by atoms with van der Waals surface area (Å²) in [4.78, 5) is 15.6. The molecule has 0 radical (unpaired) electrons. The zero-order valence-electron chi connectivity index (χ0n) is 16.6. The summed E-state index contributed by atoms with van der Waals surface area (Å²) in [5.41, 5.74) is 5.13. The lowest BCUT2D eigenvalue weighted by atomic mass is 10.2. The van der Waals surface area contributed by atoms with Crippen molar-refractivity contribution in [2.45, 2.75) is 26.4 Å². The van der Waals surface area contributed by atoms with Crippen LogP contribution in [0.15, 0.2) is 70.6 Å². The zero-order chi connectivity index (χ0) is 20.7. The number of hydrogen-bond donors (Lipinski definition) is 1. The maximum Gasteiger partial charge on any atom is 0.344 e. The lowest BCUT2D eigenvalue weighted by Crippen LogP contribution is -2.27. The van der Waals surface area contributed by atoms with Gasteiger partial charge in [-0.3, -0.25) is 5.43 Å². The Morgan fingerprint density at radius 2 is 1.86 bits per heavy atom. The second-order valence-electron chi connectivity index (χ2n) is 7.26. The number of rotatable bonds is 7. The third-order valence-corrected chi connectivity index (χ3v) is 3.67. The van der Waals surface area contributed by atoms with Gasteiger partial charge in [0.05, 0.1) is 18.1 Å². The number of esters is 1. The van der Waals surface area contributed by atoms with Gasteiger partial charge < -0.3 is 13.9 Å². The van der Waals surface area contributed by atoms with E-state index in [1.807, 2.05) is 57.2 Å². The Labute approximate surface area is 169 Å². The number of hydrogen-bond acceptors (Lipinski definition) is 7. The molecule has 0 unspecified atom stereocenters. The maximum atomic E-state index is 11.7. The Morgan fingerprint density at radius 1 is 1.14 bits per heavy atom. The highest BCUT2D eigenvalue weighted by molar-refractivity contribution is 5.80. The Morgan fingerprint density at radius 3 is 2.48 bits per heavy atom. The molecule has 1 N–H and O–H groups in total. The fourth-order valence-corrected chi connectivity index (χ4v) is 2.41. The normalized spacial score (nSPS) is 11.4. The van der Waals surface area contributed by atoms with Gasteiger partial charge in [-0.15, -0.1) is 0 Å². The summed E-state index contributed by atoms with van der Waals surface area (Å²) in [5.74, 6) is 0.902. The molecule has 0 saturated heterocycles. The van der Waals surface area contributed by atoms with Crippen LogP contribution >= 0.6 is 0 Å². The molecule has 1 heterocycles. The molecule has 0 aliphatic rings. The number of hydrazone groups is 1. The molecule has 0 aliphatic heterocycles. The van der Waals surface area contributed by atoms with E-state index in [-0.39, 0.29) is 6.61 Å². The van der Waals surface area contributed by atoms with E-state index in [1.54, 1.807) is 24.5 Å². The summed E-state index contributed by atoms with van der Waals surface area (Å²) >= 11 is 0. The molecular weight excluding hydrogens is 370 g/mol. The van der Waals surface area contributed by atoms with E-state index in [0.29, 0.717) is 11.5 Å². The van der Waals surface area contributed by atoms with E-state index in [9.17, 15) is 4.79 Å². The van der Waals surface area contributed by atoms with Crippen molar-refractivity contribution in [1.29, 1.82) is 0 Å². The SMILES string of the molecule is CC(C)(C)OC(=O)COc1ccc(/C=N/Nc2ccc(-c3cnco3)cc2)cc1. The minimum Gasteiger partial charge on any atom is -0.482 e. The first-order valence-electron chi connectivity index (χ1n) is 9.12. The maximum absolute atomic E-state index is 11.7. The Balaban J connectivity index is 1.48. The number of oxazole rings is 1. The van der Waals surface area contributed by atoms with Gasteiger partial charge in [0.15, 0.2) is 18.8 Å². The molecule has 7 heteroatoms. The van der Waals surface area contributed by atoms with E-state index < -0.39 is 11.6 Å². The quantitative estimate of drug-likeness (QED) is 0.361. The fraction of sp³-hybridized carbons (Fsp3) is 0.227. The first-order chi connectivity index (χ1) is 13.9. The van der Waals surface area contributed by atoms with Crippen molar-refractivity contribution >= 4 is 17.9 Å². The molecule has 0 aliphatic carbocycles. The summed E-state index contributed by atoms with van der Waals surface area (Å²) in [6.07, 6.45) is 4.77. The van der Waals surface area contributed by atoms with Gasteiger partial charge in [-0.2, -0.15) is 5.10 Å². The van der Waals surface area contributed by atoms with Crippen LogP contribution in [0.5, 0.6) is 5.75 Å². The predicted octanol–water partition coefficient (Wildman–Crippen LogP) is 4.51. The number of nitrogens with zero attached hydrogens (tertiary/aromatic N) is 2. The first-order valence-corrected chi connectivity index (χ1v) is 9.12. The van der Waals surface area contributed by atoms with Crippen molar-refractivity contribution < 1.29 is 18.7 Å². The van der Waals surface area contributed by atoms with Crippen LogP contribution in [0.4, 0.5) is 5.69 Å². The van der Waals surface area contributed by atoms with E-state index in [4.69, 9.17) is 13.9 Å². The van der Waals surface area contributed by atoms with Crippen LogP contribution in [0, 0.1) is 0 Å². The van der Waals surface area contributed by atoms with E-state index >= 15 is 0 Å². The highest BCUT2D eigenvalue weighted by Crippen LogP contribution is 2.20. The van der Waals surface area contributed by atoms with Crippen molar-refractivity contribution in [3.05, 3.63) is 66.7 Å². The number of ether oxygens (including phenoxy) is 2. The number of aromatic nitrogens is 1. The van der Waals surface area contributed by atoms with Crippen LogP contribution in [0.1, 0.15) is 26.3 Å². The van der Waals surface area contributed by atoms with E-state index in [2.05, 4.69) is 15.5 Å². The molecule has 0 atom stereocenters. The second-order valence-corrected chi connectivity index (χ2v) is 7.26. The number of carbonyl (C=O) groups is 1. The van der Waals surface area contributed by atoms with Gasteiger partial charge in [0.1, 0.15) is 11.4 Å². The fourth-order valence-electron chi connectivity index (χ4n) is 2.41. The number of anilines is 1. The van der Waals surface area contributed by atoms with E-state index in [1.165, 1.54) is 6.39 Å². The third kappa shape index (κ3) is 6.49. The average molecular weight is 393 g/mol. The molecule has 2 aromatic carbocycles. The summed E-state index contributed by atoms with van der Waals surface area (Å²) in [6.45, 7) is 5.32. The van der Waals surface area contributed by atoms with Crippen molar-refractivity contribution in [3.8, 4) is 17.1 Å². The van der Waals surface area contributed by atoms with E-state index in [0.717, 1.165) is 16.8 Å². The van der Waals surface area contributed by atoms with Gasteiger partial charge >= 0.3 is 5.97 Å². The molecule has 1 aromatic heterocycles. The van der Waals surface area contributed by atoms with Gasteiger partial charge in [-0.25, -0.2) is 9.78 Å². The molecule has 0 saturated carbocycles. The molecule has 0 bridgehead atoms. The minimum atomic E-state index is -0.524. The zero-order valence-corrected chi connectivity index (χ0v) is 16.6. The van der Waals surface area contributed by atoms with Crippen molar-refractivity contribution in [2.75, 3.05) is 12.0 Å². The van der Waals surface area contributed by atoms with Crippen LogP contribution in [-0.4, -0.2) is 29.4 Å². The van der Waals surface area contributed by atoms with Crippen molar-refractivity contribution in [1.82, 2.24) is 4.98 Å². The summed E-state index contributed by atoms with van der Waals surface area (Å²) in [5, 5.41) is 4.22. The van der Waals surface area contributed by atoms with Crippen LogP contribution in [0.25, 0.3) is 11.3 Å². The van der Waals surface area contributed by atoms with Gasteiger partial charge in [0, 0.05) is 5.56 Å². The summed E-state index contributed by atoms with van der Waals surface area (Å²) in [7, 11) is 0. The summed E-state index contributed by atoms with van der Waals surface area (Å²) < 4.78 is 15.9. The molecule has 0 fully saturated rings. The van der Waals surface area contributed by atoms with Crippen LogP contribution in [0.3, 0.4) is 0 Å². The smallest absolute Gasteiger partial charge is 0.344 e. The monoisotopic (exact) mass is 393 g/mol. The van der Waals surface area contributed by atoms with Crippen molar-refractivity contribution in [2.24, 2.45) is 5.10 Å². The topological polar surface area (TPSA) is 86.0 Å². The highest BCUT2D eigenvalue weighted by atomic mass is 16.6. The molecule has 29 heavy (non-hydrogen) atoms. The first kappa shape index (κ1) is 20.1. The number of carbonyl (C=O) groups excluding carboxylic acids is 1. The van der Waals surface area contributed by atoms with Gasteiger partial charge in [0.25, 0.3) is 0 Å². The molecule has 0 amide bonds. The lowest BCUT2D eigenvalue weighted by molar-refractivity contribution is -0.157. The molecule has 3 aromatic rings. The number of benzene rings is 2. The van der Waals surface area contributed by atoms with Crippen molar-refractivity contribution in [3.63, 3.8) is 0 Å². The highest BCUT2D eigenvalue weighted by Gasteiger charge is 2.16. The molecule has 3 rings (SSSR count). The second kappa shape index (κ2) is 9.05. The molecule has 0 spiro atoms. The van der Waals surface area contributed by atoms with Crippen LogP contribution < -0.4 is 10.2 Å². The van der Waals surface area contributed by atoms with Gasteiger partial charge in [-0.05, 0) is 74.9 Å². The largest absolute Gasteiger partial charge is 0.482 e.